The Morgan fingerprint density at radius 3 is 2.39 bits per heavy atom. The van der Waals surface area contributed by atoms with Crippen LogP contribution >= 0.6 is 0 Å². The summed E-state index contributed by atoms with van der Waals surface area (Å²) in [5.41, 5.74) is 5.83. The highest BCUT2D eigenvalue weighted by molar-refractivity contribution is 7.91. The van der Waals surface area contributed by atoms with Gasteiger partial charge < -0.3 is 5.73 Å². The Bertz CT molecular complexity index is 338. The monoisotopic (exact) mass is 275 g/mol. The maximum atomic E-state index is 11.9. The first-order valence-corrected chi connectivity index (χ1v) is 9.03. The van der Waals surface area contributed by atoms with Crippen molar-refractivity contribution in [3.63, 3.8) is 0 Å². The van der Waals surface area contributed by atoms with E-state index in [0.717, 1.165) is 12.3 Å². The van der Waals surface area contributed by atoms with E-state index < -0.39 is 9.84 Å². The highest BCUT2D eigenvalue weighted by Gasteiger charge is 2.30. The fraction of sp³-hybridized carbons (Fsp3) is 1.00. The fourth-order valence-electron chi connectivity index (χ4n) is 3.01. The predicted octanol–water partition coefficient (Wildman–Crippen LogP) is 2.60. The van der Waals surface area contributed by atoms with E-state index in [-0.39, 0.29) is 5.25 Å². The topological polar surface area (TPSA) is 60.2 Å². The number of hydrogen-bond acceptors (Lipinski definition) is 3. The zero-order valence-corrected chi connectivity index (χ0v) is 12.9. The first-order valence-electron chi connectivity index (χ1n) is 7.32. The van der Waals surface area contributed by atoms with Gasteiger partial charge >= 0.3 is 0 Å². The van der Waals surface area contributed by atoms with Crippen LogP contribution in [0.25, 0.3) is 0 Å². The Labute approximate surface area is 112 Å². The molecule has 1 rings (SSSR count). The Morgan fingerprint density at radius 2 is 1.89 bits per heavy atom. The first kappa shape index (κ1) is 16.0. The third-order valence-electron chi connectivity index (χ3n) is 4.62. The lowest BCUT2D eigenvalue weighted by atomic mass is 9.72. The number of hydrogen-bond donors (Lipinski definition) is 1. The summed E-state index contributed by atoms with van der Waals surface area (Å²) in [6, 6.07) is 0. The van der Waals surface area contributed by atoms with Gasteiger partial charge in [-0.15, -0.1) is 0 Å². The SMILES string of the molecule is CCC1CCC(CN)C(CCS(=O)(=O)C(C)C)C1. The summed E-state index contributed by atoms with van der Waals surface area (Å²) in [5, 5.41) is -0.251. The summed E-state index contributed by atoms with van der Waals surface area (Å²) < 4.78 is 23.8. The summed E-state index contributed by atoms with van der Waals surface area (Å²) in [4.78, 5) is 0. The molecule has 0 aromatic rings. The molecule has 108 valence electrons. The van der Waals surface area contributed by atoms with E-state index in [2.05, 4.69) is 6.92 Å². The van der Waals surface area contributed by atoms with E-state index >= 15 is 0 Å². The molecule has 0 heterocycles. The number of rotatable bonds is 6. The molecule has 3 nitrogen and oxygen atoms in total. The van der Waals surface area contributed by atoms with Gasteiger partial charge in [-0.3, -0.25) is 0 Å². The molecular formula is C14H29NO2S. The van der Waals surface area contributed by atoms with Crippen LogP contribution in [0.1, 0.15) is 52.9 Å². The molecule has 1 fully saturated rings. The van der Waals surface area contributed by atoms with Gasteiger partial charge in [0.15, 0.2) is 9.84 Å². The zero-order valence-electron chi connectivity index (χ0n) is 12.1. The second kappa shape index (κ2) is 6.90. The van der Waals surface area contributed by atoms with Gasteiger partial charge in [0, 0.05) is 0 Å². The van der Waals surface area contributed by atoms with E-state index in [0.29, 0.717) is 24.1 Å². The second-order valence-electron chi connectivity index (χ2n) is 6.05. The fourth-order valence-corrected chi connectivity index (χ4v) is 4.11. The van der Waals surface area contributed by atoms with Crippen molar-refractivity contribution in [3.8, 4) is 0 Å². The molecule has 18 heavy (non-hydrogen) atoms. The Kier molecular flexibility index (Phi) is 6.12. The van der Waals surface area contributed by atoms with Gasteiger partial charge in [-0.2, -0.15) is 0 Å². The molecule has 0 bridgehead atoms. The molecule has 0 spiro atoms. The number of nitrogens with two attached hydrogens (primary N) is 1. The molecule has 0 radical (unpaired) electrons. The van der Waals surface area contributed by atoms with Crippen LogP contribution in [0.2, 0.25) is 0 Å². The summed E-state index contributed by atoms with van der Waals surface area (Å²) in [5.74, 6) is 2.17. The van der Waals surface area contributed by atoms with E-state index in [9.17, 15) is 8.42 Å². The average molecular weight is 275 g/mol. The third kappa shape index (κ3) is 4.23. The smallest absolute Gasteiger partial charge is 0.152 e. The minimum atomic E-state index is -2.89. The van der Waals surface area contributed by atoms with Crippen LogP contribution in [0, 0.1) is 17.8 Å². The molecule has 0 aromatic carbocycles. The summed E-state index contributed by atoms with van der Waals surface area (Å²) in [7, 11) is -2.89. The van der Waals surface area contributed by atoms with Gasteiger partial charge in [-0.05, 0) is 57.4 Å². The minimum Gasteiger partial charge on any atom is -0.330 e. The highest BCUT2D eigenvalue weighted by atomic mass is 32.2. The molecule has 0 aromatic heterocycles. The molecule has 1 saturated carbocycles. The van der Waals surface area contributed by atoms with Gasteiger partial charge in [0.05, 0.1) is 11.0 Å². The van der Waals surface area contributed by atoms with Crippen LogP contribution in [0.4, 0.5) is 0 Å². The van der Waals surface area contributed by atoms with E-state index in [1.807, 2.05) is 0 Å². The van der Waals surface area contributed by atoms with Gasteiger partial charge in [0.25, 0.3) is 0 Å². The van der Waals surface area contributed by atoms with Crippen molar-refractivity contribution in [3.05, 3.63) is 0 Å². The zero-order chi connectivity index (χ0) is 13.8. The van der Waals surface area contributed by atoms with Gasteiger partial charge in [-0.25, -0.2) is 8.42 Å². The van der Waals surface area contributed by atoms with Crippen LogP contribution in [0.3, 0.4) is 0 Å². The largest absolute Gasteiger partial charge is 0.330 e. The summed E-state index contributed by atoms with van der Waals surface area (Å²) in [6.45, 7) is 6.48. The highest BCUT2D eigenvalue weighted by Crippen LogP contribution is 2.37. The first-order chi connectivity index (χ1) is 8.40. The normalized spacial score (nSPS) is 29.7. The molecular weight excluding hydrogens is 246 g/mol. The lowest BCUT2D eigenvalue weighted by Gasteiger charge is -2.35. The molecule has 0 saturated heterocycles. The molecule has 1 aliphatic carbocycles. The van der Waals surface area contributed by atoms with Gasteiger partial charge in [0.2, 0.25) is 0 Å². The second-order valence-corrected chi connectivity index (χ2v) is 8.72. The average Bonchev–Trinajstić information content (AvgIpc) is 2.35. The maximum absolute atomic E-state index is 11.9. The van der Waals surface area contributed by atoms with Crippen molar-refractivity contribution in [2.45, 2.75) is 58.1 Å². The Morgan fingerprint density at radius 1 is 1.22 bits per heavy atom. The van der Waals surface area contributed by atoms with Crippen molar-refractivity contribution < 1.29 is 8.42 Å². The molecule has 3 atom stereocenters. The molecule has 3 unspecified atom stereocenters. The minimum absolute atomic E-state index is 0.251. The van der Waals surface area contributed by atoms with Crippen molar-refractivity contribution in [1.29, 1.82) is 0 Å². The lowest BCUT2D eigenvalue weighted by Crippen LogP contribution is -2.32. The van der Waals surface area contributed by atoms with Crippen molar-refractivity contribution in [2.75, 3.05) is 12.3 Å². The lowest BCUT2D eigenvalue weighted by molar-refractivity contribution is 0.176. The molecule has 1 aliphatic rings. The van der Waals surface area contributed by atoms with Crippen LogP contribution in [0.5, 0.6) is 0 Å². The Hall–Kier alpha value is -0.0900. The predicted molar refractivity (Wildman–Crippen MR) is 77.2 cm³/mol. The molecule has 0 aliphatic heterocycles. The van der Waals surface area contributed by atoms with Crippen molar-refractivity contribution >= 4 is 9.84 Å². The van der Waals surface area contributed by atoms with E-state index in [1.165, 1.54) is 25.7 Å². The van der Waals surface area contributed by atoms with E-state index in [4.69, 9.17) is 5.73 Å². The van der Waals surface area contributed by atoms with E-state index in [1.54, 1.807) is 13.8 Å². The summed E-state index contributed by atoms with van der Waals surface area (Å²) >= 11 is 0. The maximum Gasteiger partial charge on any atom is 0.152 e. The van der Waals surface area contributed by atoms with Crippen LogP contribution in [0.15, 0.2) is 0 Å². The van der Waals surface area contributed by atoms with Crippen LogP contribution < -0.4 is 5.73 Å². The van der Waals surface area contributed by atoms with Gasteiger partial charge in [-0.1, -0.05) is 19.8 Å². The number of sulfone groups is 1. The summed E-state index contributed by atoms with van der Waals surface area (Å²) in [6.07, 6.45) is 5.64. The van der Waals surface area contributed by atoms with Crippen LogP contribution in [-0.4, -0.2) is 26.0 Å². The standard InChI is InChI=1S/C14H29NO2S/c1-4-12-5-6-14(10-15)13(9-12)7-8-18(16,17)11(2)3/h11-14H,4-10,15H2,1-3H3. The van der Waals surface area contributed by atoms with Crippen molar-refractivity contribution in [1.82, 2.24) is 0 Å². The van der Waals surface area contributed by atoms with Crippen molar-refractivity contribution in [2.24, 2.45) is 23.5 Å². The molecule has 4 heteroatoms. The molecule has 0 amide bonds. The third-order valence-corrected chi connectivity index (χ3v) is 6.86. The Balaban J connectivity index is 2.57. The van der Waals surface area contributed by atoms with Gasteiger partial charge in [0.1, 0.15) is 0 Å². The van der Waals surface area contributed by atoms with Crippen LogP contribution in [-0.2, 0) is 9.84 Å². The quantitative estimate of drug-likeness (QED) is 0.810. The molecule has 2 N–H and O–H groups in total.